The van der Waals surface area contributed by atoms with Crippen LogP contribution in [-0.2, 0) is 4.79 Å². The summed E-state index contributed by atoms with van der Waals surface area (Å²) in [6.07, 6.45) is -4.66. The van der Waals surface area contributed by atoms with E-state index >= 15 is 0 Å². The number of methoxy groups -OCH3 is 1. The van der Waals surface area contributed by atoms with E-state index in [1.165, 1.54) is 7.11 Å². The Labute approximate surface area is 206 Å². The minimum atomic E-state index is -4.66. The summed E-state index contributed by atoms with van der Waals surface area (Å²) in [6, 6.07) is 3.23. The summed E-state index contributed by atoms with van der Waals surface area (Å²) in [5, 5.41) is 7.63. The van der Waals surface area contributed by atoms with Crippen LogP contribution in [0.5, 0.6) is 5.75 Å². The van der Waals surface area contributed by atoms with Gasteiger partial charge in [-0.05, 0) is 19.9 Å². The topological polar surface area (TPSA) is 77.5 Å². The molecule has 0 unspecified atom stereocenters. The van der Waals surface area contributed by atoms with E-state index in [-0.39, 0.29) is 24.9 Å². The second-order valence-electron chi connectivity index (χ2n) is 7.39. The molecule has 1 fully saturated rings. The highest BCUT2D eigenvalue weighted by molar-refractivity contribution is 6.32. The van der Waals surface area contributed by atoms with Crippen LogP contribution < -0.4 is 15.0 Å². The molecule has 13 heteroatoms. The molecule has 1 saturated heterocycles. The standard InChI is InChI=1S/C21H28Cl2F3N5O3/c1-4-27-20(33)14-10-15(23)17(34-3)11-16(14)29-6-8-30(9-7-29)19(32)13-31(5-2)28-18(12-22)21(24,25)26/h10-11H,4-9,12-13H2,1-3H3,(H,27,33)/b28-18+. The van der Waals surface area contributed by atoms with Gasteiger partial charge in [0.1, 0.15) is 12.3 Å². The zero-order chi connectivity index (χ0) is 25.5. The van der Waals surface area contributed by atoms with Crippen LogP contribution in [0.4, 0.5) is 18.9 Å². The van der Waals surface area contributed by atoms with Crippen LogP contribution in [-0.4, -0.2) is 92.4 Å². The van der Waals surface area contributed by atoms with Crippen LogP contribution in [0.3, 0.4) is 0 Å². The van der Waals surface area contributed by atoms with Crippen molar-refractivity contribution in [2.24, 2.45) is 5.10 Å². The molecule has 1 aromatic carbocycles. The highest BCUT2D eigenvalue weighted by Gasteiger charge is 2.36. The van der Waals surface area contributed by atoms with E-state index in [1.807, 2.05) is 11.8 Å². The molecule has 2 amide bonds. The van der Waals surface area contributed by atoms with E-state index in [0.717, 1.165) is 5.01 Å². The van der Waals surface area contributed by atoms with E-state index in [1.54, 1.807) is 24.0 Å². The number of benzene rings is 1. The molecule has 190 valence electrons. The normalized spacial score (nSPS) is 14.8. The van der Waals surface area contributed by atoms with Gasteiger partial charge in [-0.2, -0.15) is 18.3 Å². The average molecular weight is 526 g/mol. The summed E-state index contributed by atoms with van der Waals surface area (Å²) in [6.45, 7) is 5.13. The fourth-order valence-corrected chi connectivity index (χ4v) is 3.84. The van der Waals surface area contributed by atoms with Crippen LogP contribution in [0.1, 0.15) is 24.2 Å². The zero-order valence-electron chi connectivity index (χ0n) is 19.2. The number of alkyl halides is 4. The van der Waals surface area contributed by atoms with Gasteiger partial charge in [-0.3, -0.25) is 14.6 Å². The van der Waals surface area contributed by atoms with Gasteiger partial charge in [-0.25, -0.2) is 0 Å². The Balaban J connectivity index is 2.12. The molecule has 1 aliphatic rings. The first-order chi connectivity index (χ1) is 16.0. The third-order valence-electron chi connectivity index (χ3n) is 5.22. The summed E-state index contributed by atoms with van der Waals surface area (Å²) in [5.41, 5.74) is -0.140. The summed E-state index contributed by atoms with van der Waals surface area (Å²) < 4.78 is 44.1. The number of anilines is 1. The lowest BCUT2D eigenvalue weighted by atomic mass is 10.1. The van der Waals surface area contributed by atoms with Crippen LogP contribution >= 0.6 is 23.2 Å². The number of piperazine rings is 1. The van der Waals surface area contributed by atoms with Gasteiger partial charge in [-0.15, -0.1) is 11.6 Å². The maximum absolute atomic E-state index is 12.9. The number of hydrogen-bond acceptors (Lipinski definition) is 6. The molecule has 1 aromatic rings. The summed E-state index contributed by atoms with van der Waals surface area (Å²) >= 11 is 11.6. The highest BCUT2D eigenvalue weighted by Crippen LogP contribution is 2.34. The third kappa shape index (κ3) is 7.05. The zero-order valence-corrected chi connectivity index (χ0v) is 20.7. The number of halogens is 5. The van der Waals surface area contributed by atoms with E-state index in [2.05, 4.69) is 10.4 Å². The first kappa shape index (κ1) is 27.8. The molecule has 0 bridgehead atoms. The van der Waals surface area contributed by atoms with Crippen molar-refractivity contribution in [2.45, 2.75) is 20.0 Å². The number of ether oxygens (including phenoxy) is 1. The molecule has 0 spiro atoms. The molecule has 8 nitrogen and oxygen atoms in total. The van der Waals surface area contributed by atoms with Gasteiger partial charge in [0.05, 0.1) is 29.3 Å². The monoisotopic (exact) mass is 525 g/mol. The molecule has 2 rings (SSSR count). The van der Waals surface area contributed by atoms with Gasteiger partial charge in [0.15, 0.2) is 5.71 Å². The smallest absolute Gasteiger partial charge is 0.432 e. The lowest BCUT2D eigenvalue weighted by Crippen LogP contribution is -2.51. The maximum atomic E-state index is 12.9. The van der Waals surface area contributed by atoms with Crippen molar-refractivity contribution in [3.63, 3.8) is 0 Å². The van der Waals surface area contributed by atoms with Gasteiger partial charge in [0.2, 0.25) is 5.91 Å². The van der Waals surface area contributed by atoms with Gasteiger partial charge >= 0.3 is 6.18 Å². The van der Waals surface area contributed by atoms with Crippen molar-refractivity contribution >= 4 is 46.4 Å². The number of likely N-dealkylation sites (N-methyl/N-ethyl adjacent to an activating group) is 1. The predicted molar refractivity (Wildman–Crippen MR) is 126 cm³/mol. The fraction of sp³-hybridized carbons (Fsp3) is 0.571. The Kier molecular flexibility index (Phi) is 10.1. The molecular weight excluding hydrogens is 498 g/mol. The Morgan fingerprint density at radius 2 is 1.85 bits per heavy atom. The maximum Gasteiger partial charge on any atom is 0.432 e. The second kappa shape index (κ2) is 12.3. The van der Waals surface area contributed by atoms with Gasteiger partial charge in [-0.1, -0.05) is 11.6 Å². The Morgan fingerprint density at radius 3 is 2.35 bits per heavy atom. The second-order valence-corrected chi connectivity index (χ2v) is 8.06. The summed E-state index contributed by atoms with van der Waals surface area (Å²) in [7, 11) is 1.48. The SMILES string of the molecule is CCNC(=O)c1cc(Cl)c(OC)cc1N1CCN(C(=O)CN(CC)/N=C(\CCl)C(F)(F)F)CC1. The van der Waals surface area contributed by atoms with Crippen molar-refractivity contribution in [3.8, 4) is 5.75 Å². The van der Waals surface area contributed by atoms with Crippen LogP contribution in [0, 0.1) is 0 Å². The van der Waals surface area contributed by atoms with Crippen LogP contribution in [0.2, 0.25) is 5.02 Å². The van der Waals surface area contributed by atoms with Gasteiger partial charge in [0.25, 0.3) is 5.91 Å². The Morgan fingerprint density at radius 1 is 1.21 bits per heavy atom. The Bertz CT molecular complexity index is 906. The molecule has 1 N–H and O–H groups in total. The summed E-state index contributed by atoms with van der Waals surface area (Å²) in [4.78, 5) is 28.8. The number of nitrogens with one attached hydrogen (secondary N) is 1. The molecule has 1 aliphatic heterocycles. The molecule has 0 atom stereocenters. The minimum Gasteiger partial charge on any atom is -0.495 e. The van der Waals surface area contributed by atoms with Crippen molar-refractivity contribution in [3.05, 3.63) is 22.7 Å². The van der Waals surface area contributed by atoms with E-state index in [0.29, 0.717) is 54.7 Å². The predicted octanol–water partition coefficient (Wildman–Crippen LogP) is 3.23. The number of carbonyl (C=O) groups excluding carboxylic acids is 2. The quantitative estimate of drug-likeness (QED) is 0.304. The fourth-order valence-electron chi connectivity index (χ4n) is 3.40. The summed E-state index contributed by atoms with van der Waals surface area (Å²) in [5.74, 6) is -1.01. The number of hydrogen-bond donors (Lipinski definition) is 1. The molecule has 0 aliphatic carbocycles. The van der Waals surface area contributed by atoms with Gasteiger partial charge in [0, 0.05) is 45.3 Å². The minimum absolute atomic E-state index is 0.114. The first-order valence-electron chi connectivity index (χ1n) is 10.7. The van der Waals surface area contributed by atoms with Crippen molar-refractivity contribution in [2.75, 3.05) is 63.7 Å². The van der Waals surface area contributed by atoms with E-state index in [9.17, 15) is 22.8 Å². The van der Waals surface area contributed by atoms with Crippen molar-refractivity contribution < 1.29 is 27.5 Å². The van der Waals surface area contributed by atoms with Crippen molar-refractivity contribution in [1.29, 1.82) is 0 Å². The third-order valence-corrected chi connectivity index (χ3v) is 5.77. The largest absolute Gasteiger partial charge is 0.495 e. The number of carbonyl (C=O) groups is 2. The van der Waals surface area contributed by atoms with Gasteiger partial charge < -0.3 is 19.9 Å². The Hall–Kier alpha value is -2.40. The molecule has 0 saturated carbocycles. The highest BCUT2D eigenvalue weighted by atomic mass is 35.5. The van der Waals surface area contributed by atoms with Crippen LogP contribution in [0.15, 0.2) is 17.2 Å². The number of amides is 2. The first-order valence-corrected chi connectivity index (χ1v) is 11.6. The lowest BCUT2D eigenvalue weighted by molar-refractivity contribution is -0.132. The van der Waals surface area contributed by atoms with E-state index < -0.39 is 17.8 Å². The molecule has 34 heavy (non-hydrogen) atoms. The molecule has 1 heterocycles. The average Bonchev–Trinajstić information content (AvgIpc) is 2.80. The number of rotatable bonds is 9. The van der Waals surface area contributed by atoms with Crippen LogP contribution in [0.25, 0.3) is 0 Å². The molecule has 0 radical (unpaired) electrons. The molecular formula is C21H28Cl2F3N5O3. The number of nitrogens with zero attached hydrogens (tertiary/aromatic N) is 4. The lowest BCUT2D eigenvalue weighted by Gasteiger charge is -2.37. The van der Waals surface area contributed by atoms with Crippen molar-refractivity contribution in [1.82, 2.24) is 15.2 Å². The molecule has 0 aromatic heterocycles. The van der Waals surface area contributed by atoms with E-state index in [4.69, 9.17) is 27.9 Å². The number of hydrazone groups is 1.